The highest BCUT2D eigenvalue weighted by atomic mass is 32.1. The first-order valence-electron chi connectivity index (χ1n) is 7.98. The van der Waals surface area contributed by atoms with Gasteiger partial charge in [0.15, 0.2) is 0 Å². The second kappa shape index (κ2) is 7.71. The van der Waals surface area contributed by atoms with Crippen LogP contribution in [0.4, 0.5) is 0 Å². The highest BCUT2D eigenvalue weighted by molar-refractivity contribution is 7.11. The molecule has 1 aromatic heterocycles. The van der Waals surface area contributed by atoms with Crippen molar-refractivity contribution in [2.24, 2.45) is 0 Å². The fourth-order valence-corrected chi connectivity index (χ4v) is 3.76. The number of aryl methyl sites for hydroxylation is 3. The molecule has 0 aliphatic heterocycles. The van der Waals surface area contributed by atoms with Crippen molar-refractivity contribution in [1.29, 1.82) is 0 Å². The molecule has 0 saturated heterocycles. The monoisotopic (exact) mass is 302 g/mol. The van der Waals surface area contributed by atoms with Crippen LogP contribution >= 0.6 is 11.3 Å². The number of rotatable bonds is 7. The van der Waals surface area contributed by atoms with Gasteiger partial charge in [0.25, 0.3) is 0 Å². The molecule has 0 bridgehead atoms. The Morgan fingerprint density at radius 1 is 1.14 bits per heavy atom. The Bertz CT molecular complexity index is 574. The van der Waals surface area contributed by atoms with Gasteiger partial charge in [-0.2, -0.15) is 0 Å². The number of thiazole rings is 1. The van der Waals surface area contributed by atoms with Crippen molar-refractivity contribution in [2.75, 3.05) is 6.54 Å². The Kier molecular flexibility index (Phi) is 5.95. The van der Waals surface area contributed by atoms with E-state index in [0.717, 1.165) is 25.8 Å². The first kappa shape index (κ1) is 16.2. The number of benzene rings is 1. The summed E-state index contributed by atoms with van der Waals surface area (Å²) in [7, 11) is 0. The molecule has 2 rings (SSSR count). The van der Waals surface area contributed by atoms with Crippen LogP contribution in [0.5, 0.6) is 0 Å². The lowest BCUT2D eigenvalue weighted by molar-refractivity contribution is 0.591. The van der Waals surface area contributed by atoms with Crippen molar-refractivity contribution in [3.05, 3.63) is 51.0 Å². The van der Waals surface area contributed by atoms with Gasteiger partial charge < -0.3 is 5.32 Å². The molecule has 114 valence electrons. The van der Waals surface area contributed by atoms with Gasteiger partial charge in [-0.25, -0.2) is 4.98 Å². The van der Waals surface area contributed by atoms with Gasteiger partial charge in [0.05, 0.1) is 11.7 Å². The number of aromatic nitrogens is 1. The lowest BCUT2D eigenvalue weighted by Gasteiger charge is -2.19. The summed E-state index contributed by atoms with van der Waals surface area (Å²) in [5, 5.41) is 4.90. The fraction of sp³-hybridized carbons (Fsp3) is 0.500. The van der Waals surface area contributed by atoms with E-state index in [1.807, 2.05) is 11.3 Å². The third-order valence-electron chi connectivity index (χ3n) is 3.84. The molecule has 0 spiro atoms. The lowest BCUT2D eigenvalue weighted by Crippen LogP contribution is -2.24. The molecule has 1 unspecified atom stereocenters. The maximum Gasteiger partial charge on any atom is 0.115 e. The molecule has 0 aliphatic rings. The van der Waals surface area contributed by atoms with Crippen molar-refractivity contribution in [1.82, 2.24) is 10.3 Å². The van der Waals surface area contributed by atoms with Gasteiger partial charge in [0, 0.05) is 4.88 Å². The van der Waals surface area contributed by atoms with E-state index in [9.17, 15) is 0 Å². The Morgan fingerprint density at radius 3 is 2.52 bits per heavy atom. The van der Waals surface area contributed by atoms with Crippen LogP contribution in [0.15, 0.2) is 24.3 Å². The second-order valence-electron chi connectivity index (χ2n) is 5.35. The van der Waals surface area contributed by atoms with Crippen molar-refractivity contribution in [3.63, 3.8) is 0 Å². The Hall–Kier alpha value is -1.19. The summed E-state index contributed by atoms with van der Waals surface area (Å²) >= 11 is 1.84. The van der Waals surface area contributed by atoms with Crippen LogP contribution in [0, 0.1) is 6.92 Å². The summed E-state index contributed by atoms with van der Waals surface area (Å²) in [4.78, 5) is 6.24. The maximum atomic E-state index is 4.89. The summed E-state index contributed by atoms with van der Waals surface area (Å²) in [5.74, 6) is 0. The van der Waals surface area contributed by atoms with Gasteiger partial charge in [-0.15, -0.1) is 11.3 Å². The van der Waals surface area contributed by atoms with Gasteiger partial charge in [0.1, 0.15) is 5.01 Å². The first-order chi connectivity index (χ1) is 10.2. The van der Waals surface area contributed by atoms with E-state index in [1.54, 1.807) is 0 Å². The third-order valence-corrected chi connectivity index (χ3v) is 4.91. The summed E-state index contributed by atoms with van der Waals surface area (Å²) in [6.07, 6.45) is 3.21. The van der Waals surface area contributed by atoms with Gasteiger partial charge >= 0.3 is 0 Å². The maximum absolute atomic E-state index is 4.89. The number of nitrogens with zero attached hydrogens (tertiary/aromatic N) is 1. The van der Waals surface area contributed by atoms with E-state index >= 15 is 0 Å². The van der Waals surface area contributed by atoms with Crippen LogP contribution < -0.4 is 5.32 Å². The van der Waals surface area contributed by atoms with Crippen LogP contribution in [-0.2, 0) is 12.8 Å². The molecule has 1 atom stereocenters. The van der Waals surface area contributed by atoms with E-state index in [4.69, 9.17) is 4.98 Å². The molecule has 0 radical (unpaired) electrons. The summed E-state index contributed by atoms with van der Waals surface area (Å²) in [6.45, 7) is 9.81. The zero-order valence-corrected chi connectivity index (χ0v) is 14.4. The lowest BCUT2D eigenvalue weighted by atomic mass is 9.98. The van der Waals surface area contributed by atoms with Crippen LogP contribution in [0.3, 0.4) is 0 Å². The van der Waals surface area contributed by atoms with Crippen molar-refractivity contribution >= 4 is 11.3 Å². The molecule has 1 heterocycles. The Morgan fingerprint density at radius 2 is 1.90 bits per heavy atom. The fourth-order valence-electron chi connectivity index (χ4n) is 2.66. The minimum Gasteiger partial charge on any atom is -0.304 e. The molecule has 0 aliphatic carbocycles. The van der Waals surface area contributed by atoms with Crippen LogP contribution in [-0.4, -0.2) is 11.5 Å². The second-order valence-corrected chi connectivity index (χ2v) is 6.58. The minimum atomic E-state index is 0.227. The minimum absolute atomic E-state index is 0.227. The van der Waals surface area contributed by atoms with Crippen LogP contribution in [0.1, 0.15) is 59.9 Å². The zero-order valence-electron chi connectivity index (χ0n) is 13.6. The molecule has 21 heavy (non-hydrogen) atoms. The SMILES string of the molecule is CCCNC(c1nc(CC)c(C)s1)c1ccccc1CC. The Balaban J connectivity index is 2.41. The first-order valence-corrected chi connectivity index (χ1v) is 8.80. The molecule has 0 saturated carbocycles. The predicted octanol–water partition coefficient (Wildman–Crippen LogP) is 4.67. The van der Waals surface area contributed by atoms with E-state index in [2.05, 4.69) is 57.3 Å². The normalized spacial score (nSPS) is 12.6. The molecule has 0 fully saturated rings. The van der Waals surface area contributed by atoms with Crippen LogP contribution in [0.25, 0.3) is 0 Å². The number of hydrogen-bond acceptors (Lipinski definition) is 3. The largest absolute Gasteiger partial charge is 0.304 e. The molecule has 1 aromatic carbocycles. The van der Waals surface area contributed by atoms with Crippen molar-refractivity contribution < 1.29 is 0 Å². The van der Waals surface area contributed by atoms with E-state index in [-0.39, 0.29) is 6.04 Å². The van der Waals surface area contributed by atoms with Crippen molar-refractivity contribution in [2.45, 2.75) is 53.0 Å². The standard InChI is InChI=1S/C18H26N2S/c1-5-12-19-17(15-11-9-8-10-14(15)6-2)18-20-16(7-3)13(4)21-18/h8-11,17,19H,5-7,12H2,1-4H3. The molecule has 1 N–H and O–H groups in total. The third kappa shape index (κ3) is 3.72. The van der Waals surface area contributed by atoms with Gasteiger partial charge in [-0.05, 0) is 43.9 Å². The Labute approximate surface area is 132 Å². The molecule has 2 aromatic rings. The quantitative estimate of drug-likeness (QED) is 0.804. The topological polar surface area (TPSA) is 24.9 Å². The summed E-state index contributed by atoms with van der Waals surface area (Å²) < 4.78 is 0. The van der Waals surface area contributed by atoms with Gasteiger partial charge in [0.2, 0.25) is 0 Å². The molecule has 2 nitrogen and oxygen atoms in total. The van der Waals surface area contributed by atoms with Crippen molar-refractivity contribution in [3.8, 4) is 0 Å². The van der Waals surface area contributed by atoms with Gasteiger partial charge in [-0.1, -0.05) is 45.0 Å². The average Bonchev–Trinajstić information content (AvgIpc) is 2.89. The summed E-state index contributed by atoms with van der Waals surface area (Å²) in [6, 6.07) is 8.97. The average molecular weight is 302 g/mol. The molecular weight excluding hydrogens is 276 g/mol. The highest BCUT2D eigenvalue weighted by Gasteiger charge is 2.20. The number of nitrogens with one attached hydrogen (secondary N) is 1. The zero-order chi connectivity index (χ0) is 15.2. The molecule has 3 heteroatoms. The van der Waals surface area contributed by atoms with Gasteiger partial charge in [-0.3, -0.25) is 0 Å². The molecule has 0 amide bonds. The molecular formula is C18H26N2S. The number of hydrogen-bond donors (Lipinski definition) is 1. The summed E-state index contributed by atoms with van der Waals surface area (Å²) in [5.41, 5.74) is 4.04. The highest BCUT2D eigenvalue weighted by Crippen LogP contribution is 2.30. The smallest absolute Gasteiger partial charge is 0.115 e. The van der Waals surface area contributed by atoms with E-state index in [0.29, 0.717) is 0 Å². The van der Waals surface area contributed by atoms with Crippen LogP contribution in [0.2, 0.25) is 0 Å². The van der Waals surface area contributed by atoms with E-state index in [1.165, 1.54) is 26.7 Å². The van der Waals surface area contributed by atoms with E-state index < -0.39 is 0 Å². The predicted molar refractivity (Wildman–Crippen MR) is 92.2 cm³/mol.